The molecule has 1 unspecified atom stereocenters. The number of aryl methyl sites for hydroxylation is 1. The van der Waals surface area contributed by atoms with Crippen LogP contribution in [0.5, 0.6) is 0 Å². The van der Waals surface area contributed by atoms with Gasteiger partial charge in [0.2, 0.25) is 5.91 Å². The smallest absolute Gasteiger partial charge is 0.222 e. The maximum atomic E-state index is 11.5. The van der Waals surface area contributed by atoms with Gasteiger partial charge in [0, 0.05) is 29.2 Å². The SMILES string of the molecule is Cc1ccc(Br)cc1NC1CCCNC(=O)C1. The first kappa shape index (κ1) is 12.4. The van der Waals surface area contributed by atoms with Crippen molar-refractivity contribution in [3.8, 4) is 0 Å². The van der Waals surface area contributed by atoms with Crippen LogP contribution in [0.2, 0.25) is 0 Å². The van der Waals surface area contributed by atoms with Gasteiger partial charge in [0.15, 0.2) is 0 Å². The fourth-order valence-corrected chi connectivity index (χ4v) is 2.43. The predicted octanol–water partition coefficient (Wildman–Crippen LogP) is 2.84. The molecule has 0 radical (unpaired) electrons. The Morgan fingerprint density at radius 3 is 3.12 bits per heavy atom. The van der Waals surface area contributed by atoms with Crippen molar-refractivity contribution in [2.24, 2.45) is 0 Å². The van der Waals surface area contributed by atoms with Gasteiger partial charge in [-0.15, -0.1) is 0 Å². The van der Waals surface area contributed by atoms with E-state index in [1.807, 2.05) is 6.07 Å². The number of carbonyl (C=O) groups excluding carboxylic acids is 1. The first-order chi connectivity index (χ1) is 8.15. The Hall–Kier alpha value is -1.03. The summed E-state index contributed by atoms with van der Waals surface area (Å²) >= 11 is 3.47. The Bertz CT molecular complexity index is 420. The fourth-order valence-electron chi connectivity index (χ4n) is 2.07. The van der Waals surface area contributed by atoms with Crippen molar-refractivity contribution in [1.82, 2.24) is 5.32 Å². The third-order valence-electron chi connectivity index (χ3n) is 3.04. The molecule has 1 atom stereocenters. The average molecular weight is 297 g/mol. The van der Waals surface area contributed by atoms with E-state index in [1.54, 1.807) is 0 Å². The number of amides is 1. The van der Waals surface area contributed by atoms with Crippen molar-refractivity contribution < 1.29 is 4.79 Å². The van der Waals surface area contributed by atoms with Gasteiger partial charge in [-0.25, -0.2) is 0 Å². The Morgan fingerprint density at radius 2 is 2.29 bits per heavy atom. The average Bonchev–Trinajstić information content (AvgIpc) is 2.48. The molecule has 1 aromatic carbocycles. The Morgan fingerprint density at radius 1 is 1.47 bits per heavy atom. The quantitative estimate of drug-likeness (QED) is 0.881. The van der Waals surface area contributed by atoms with Crippen LogP contribution in [0.15, 0.2) is 22.7 Å². The molecule has 0 aromatic heterocycles. The molecule has 2 N–H and O–H groups in total. The normalized spacial score (nSPS) is 20.6. The van der Waals surface area contributed by atoms with Crippen molar-refractivity contribution in [3.05, 3.63) is 28.2 Å². The maximum Gasteiger partial charge on any atom is 0.222 e. The van der Waals surface area contributed by atoms with Gasteiger partial charge in [0.1, 0.15) is 0 Å². The molecule has 1 aromatic rings. The van der Waals surface area contributed by atoms with Gasteiger partial charge in [-0.3, -0.25) is 4.79 Å². The van der Waals surface area contributed by atoms with E-state index in [2.05, 4.69) is 45.6 Å². The molecule has 1 aliphatic heterocycles. The standard InChI is InChI=1S/C13H17BrN2O/c1-9-4-5-10(14)7-12(9)16-11-3-2-6-15-13(17)8-11/h4-5,7,11,16H,2-3,6,8H2,1H3,(H,15,17). The summed E-state index contributed by atoms with van der Waals surface area (Å²) in [5.41, 5.74) is 2.32. The van der Waals surface area contributed by atoms with Crippen LogP contribution in [0.4, 0.5) is 5.69 Å². The summed E-state index contributed by atoms with van der Waals surface area (Å²) in [6.45, 7) is 2.88. The maximum absolute atomic E-state index is 11.5. The third kappa shape index (κ3) is 3.46. The van der Waals surface area contributed by atoms with Crippen LogP contribution in [-0.2, 0) is 4.79 Å². The highest BCUT2D eigenvalue weighted by Crippen LogP contribution is 2.23. The number of rotatable bonds is 2. The van der Waals surface area contributed by atoms with Gasteiger partial charge in [0.05, 0.1) is 0 Å². The second-order valence-electron chi connectivity index (χ2n) is 4.50. The minimum Gasteiger partial charge on any atom is -0.382 e. The minimum absolute atomic E-state index is 0.146. The number of nitrogens with one attached hydrogen (secondary N) is 2. The summed E-state index contributed by atoms with van der Waals surface area (Å²) in [6, 6.07) is 6.41. The molecule has 0 aliphatic carbocycles. The topological polar surface area (TPSA) is 41.1 Å². The highest BCUT2D eigenvalue weighted by atomic mass is 79.9. The highest BCUT2D eigenvalue weighted by Gasteiger charge is 2.17. The molecule has 1 aliphatic rings. The lowest BCUT2D eigenvalue weighted by Crippen LogP contribution is -2.27. The van der Waals surface area contributed by atoms with E-state index in [-0.39, 0.29) is 11.9 Å². The monoisotopic (exact) mass is 296 g/mol. The van der Waals surface area contributed by atoms with E-state index >= 15 is 0 Å². The second kappa shape index (κ2) is 5.54. The lowest BCUT2D eigenvalue weighted by Gasteiger charge is -2.18. The first-order valence-corrected chi connectivity index (χ1v) is 6.74. The summed E-state index contributed by atoms with van der Waals surface area (Å²) < 4.78 is 1.06. The van der Waals surface area contributed by atoms with Crippen molar-refractivity contribution in [2.75, 3.05) is 11.9 Å². The molecular formula is C13H17BrN2O. The lowest BCUT2D eigenvalue weighted by atomic mass is 10.1. The van der Waals surface area contributed by atoms with Gasteiger partial charge in [-0.1, -0.05) is 22.0 Å². The molecule has 1 fully saturated rings. The van der Waals surface area contributed by atoms with Gasteiger partial charge in [-0.2, -0.15) is 0 Å². The number of carbonyl (C=O) groups is 1. The Balaban J connectivity index is 2.08. The van der Waals surface area contributed by atoms with Gasteiger partial charge < -0.3 is 10.6 Å². The van der Waals surface area contributed by atoms with Crippen LogP contribution in [0.25, 0.3) is 0 Å². The van der Waals surface area contributed by atoms with Crippen LogP contribution in [-0.4, -0.2) is 18.5 Å². The van der Waals surface area contributed by atoms with E-state index in [0.29, 0.717) is 6.42 Å². The molecule has 0 saturated carbocycles. The number of benzene rings is 1. The molecule has 1 amide bonds. The predicted molar refractivity (Wildman–Crippen MR) is 73.2 cm³/mol. The molecule has 0 spiro atoms. The zero-order valence-electron chi connectivity index (χ0n) is 9.92. The Labute approximate surface area is 110 Å². The van der Waals surface area contributed by atoms with E-state index in [9.17, 15) is 4.79 Å². The summed E-state index contributed by atoms with van der Waals surface area (Å²) in [4.78, 5) is 11.5. The van der Waals surface area contributed by atoms with Crippen molar-refractivity contribution in [1.29, 1.82) is 0 Å². The molecule has 4 heteroatoms. The molecule has 17 heavy (non-hydrogen) atoms. The molecule has 0 bridgehead atoms. The molecule has 92 valence electrons. The number of halogens is 1. The van der Waals surface area contributed by atoms with E-state index < -0.39 is 0 Å². The third-order valence-corrected chi connectivity index (χ3v) is 3.54. The lowest BCUT2D eigenvalue weighted by molar-refractivity contribution is -0.120. The number of hydrogen-bond acceptors (Lipinski definition) is 2. The number of anilines is 1. The summed E-state index contributed by atoms with van der Waals surface area (Å²) in [7, 11) is 0. The van der Waals surface area contributed by atoms with Gasteiger partial charge in [0.25, 0.3) is 0 Å². The molecule has 1 heterocycles. The largest absolute Gasteiger partial charge is 0.382 e. The van der Waals surface area contributed by atoms with Crippen LogP contribution >= 0.6 is 15.9 Å². The van der Waals surface area contributed by atoms with E-state index in [1.165, 1.54) is 5.56 Å². The van der Waals surface area contributed by atoms with Gasteiger partial charge >= 0.3 is 0 Å². The summed E-state index contributed by atoms with van der Waals surface area (Å²) in [5, 5.41) is 6.37. The minimum atomic E-state index is 0.146. The van der Waals surface area contributed by atoms with Crippen LogP contribution in [0, 0.1) is 6.92 Å². The zero-order valence-corrected chi connectivity index (χ0v) is 11.5. The highest BCUT2D eigenvalue weighted by molar-refractivity contribution is 9.10. The molecule has 1 saturated heterocycles. The van der Waals surface area contributed by atoms with Crippen molar-refractivity contribution >= 4 is 27.5 Å². The van der Waals surface area contributed by atoms with Crippen LogP contribution in [0.1, 0.15) is 24.8 Å². The summed E-state index contributed by atoms with van der Waals surface area (Å²) in [5.74, 6) is 0.146. The van der Waals surface area contributed by atoms with Gasteiger partial charge in [-0.05, 0) is 37.5 Å². The molecule has 2 rings (SSSR count). The second-order valence-corrected chi connectivity index (χ2v) is 5.41. The summed E-state index contributed by atoms with van der Waals surface area (Å²) in [6.07, 6.45) is 2.63. The fraction of sp³-hybridized carbons (Fsp3) is 0.462. The van der Waals surface area contributed by atoms with E-state index in [4.69, 9.17) is 0 Å². The van der Waals surface area contributed by atoms with E-state index in [0.717, 1.165) is 29.5 Å². The van der Waals surface area contributed by atoms with Crippen molar-refractivity contribution in [3.63, 3.8) is 0 Å². The van der Waals surface area contributed by atoms with Crippen LogP contribution in [0.3, 0.4) is 0 Å². The Kier molecular flexibility index (Phi) is 4.05. The van der Waals surface area contributed by atoms with Crippen molar-refractivity contribution in [2.45, 2.75) is 32.2 Å². The zero-order chi connectivity index (χ0) is 12.3. The number of hydrogen-bond donors (Lipinski definition) is 2. The first-order valence-electron chi connectivity index (χ1n) is 5.94. The van der Waals surface area contributed by atoms with Crippen LogP contribution < -0.4 is 10.6 Å². The molecule has 3 nitrogen and oxygen atoms in total. The molecular weight excluding hydrogens is 280 g/mol.